The number of aromatic nitrogens is 1. The van der Waals surface area contributed by atoms with E-state index in [0.717, 1.165) is 17.1 Å². The molecule has 8 heteroatoms. The van der Waals surface area contributed by atoms with Gasteiger partial charge in [0, 0.05) is 17.1 Å². The van der Waals surface area contributed by atoms with E-state index in [2.05, 4.69) is 10.3 Å². The minimum Gasteiger partial charge on any atom is -0.490 e. The zero-order chi connectivity index (χ0) is 18.2. The molecule has 2 aliphatic heterocycles. The van der Waals surface area contributed by atoms with Gasteiger partial charge in [-0.15, -0.1) is 11.3 Å². The molecule has 1 N–H and O–H groups in total. The third kappa shape index (κ3) is 2.93. The highest BCUT2D eigenvalue weighted by Gasteiger charge is 2.26. The number of benzene rings is 2. The first-order valence-corrected chi connectivity index (χ1v) is 9.32. The van der Waals surface area contributed by atoms with Crippen LogP contribution in [0.3, 0.4) is 0 Å². The minimum atomic E-state index is -0.138. The maximum absolute atomic E-state index is 12.9. The number of nitrogens with one attached hydrogen (secondary N) is 1. The second-order valence-corrected chi connectivity index (χ2v) is 6.86. The van der Waals surface area contributed by atoms with Crippen LogP contribution in [0.5, 0.6) is 17.2 Å². The van der Waals surface area contributed by atoms with Gasteiger partial charge in [0.1, 0.15) is 18.1 Å². The number of amides is 1. The van der Waals surface area contributed by atoms with E-state index in [1.54, 1.807) is 10.3 Å². The van der Waals surface area contributed by atoms with Gasteiger partial charge < -0.3 is 24.4 Å². The van der Waals surface area contributed by atoms with Crippen molar-refractivity contribution in [3.05, 3.63) is 53.5 Å². The lowest BCUT2D eigenvalue weighted by Gasteiger charge is -2.28. The van der Waals surface area contributed by atoms with Crippen molar-refractivity contribution in [2.45, 2.75) is 0 Å². The molecule has 7 nitrogen and oxygen atoms in total. The standard InChI is InChI=1S/C19H15N3O4S/c23-18(22-7-8-24-15-4-2-1-3-14(15)22)13-10-27-19(21-13)20-12-5-6-16-17(9-12)26-11-25-16/h1-6,9-10H,7-8,11H2,(H,20,21). The summed E-state index contributed by atoms with van der Waals surface area (Å²) in [5.41, 5.74) is 2.00. The van der Waals surface area contributed by atoms with E-state index in [1.165, 1.54) is 11.3 Å². The molecule has 5 rings (SSSR count). The molecular weight excluding hydrogens is 366 g/mol. The summed E-state index contributed by atoms with van der Waals surface area (Å²) in [7, 11) is 0. The van der Waals surface area contributed by atoms with Crippen molar-refractivity contribution in [2.24, 2.45) is 0 Å². The van der Waals surface area contributed by atoms with E-state index in [9.17, 15) is 4.79 Å². The Balaban J connectivity index is 1.36. The van der Waals surface area contributed by atoms with Crippen molar-refractivity contribution in [3.63, 3.8) is 0 Å². The fourth-order valence-electron chi connectivity index (χ4n) is 3.05. The Labute approximate surface area is 159 Å². The summed E-state index contributed by atoms with van der Waals surface area (Å²) in [4.78, 5) is 19.1. The molecule has 0 saturated carbocycles. The first-order chi connectivity index (χ1) is 13.3. The predicted molar refractivity (Wildman–Crippen MR) is 102 cm³/mol. The molecule has 0 bridgehead atoms. The first-order valence-electron chi connectivity index (χ1n) is 8.44. The molecule has 1 amide bonds. The summed E-state index contributed by atoms with van der Waals surface area (Å²) in [6.07, 6.45) is 0. The maximum Gasteiger partial charge on any atom is 0.278 e. The molecule has 1 aromatic heterocycles. The fraction of sp³-hybridized carbons (Fsp3) is 0.158. The van der Waals surface area contributed by atoms with Crippen LogP contribution < -0.4 is 24.4 Å². The second kappa shape index (κ2) is 6.48. The molecule has 2 aliphatic rings. The van der Waals surface area contributed by atoms with Crippen LogP contribution >= 0.6 is 11.3 Å². The average molecular weight is 381 g/mol. The van der Waals surface area contributed by atoms with Crippen LogP contribution in [-0.2, 0) is 0 Å². The van der Waals surface area contributed by atoms with E-state index in [4.69, 9.17) is 14.2 Å². The fourth-order valence-corrected chi connectivity index (χ4v) is 3.75. The van der Waals surface area contributed by atoms with Gasteiger partial charge in [-0.3, -0.25) is 4.79 Å². The van der Waals surface area contributed by atoms with Gasteiger partial charge in [0.2, 0.25) is 6.79 Å². The second-order valence-electron chi connectivity index (χ2n) is 6.00. The molecule has 0 saturated heterocycles. The zero-order valence-electron chi connectivity index (χ0n) is 14.2. The lowest BCUT2D eigenvalue weighted by Crippen LogP contribution is -2.38. The molecule has 0 unspecified atom stereocenters. The highest BCUT2D eigenvalue weighted by atomic mass is 32.1. The number of carbonyl (C=O) groups excluding carboxylic acids is 1. The maximum atomic E-state index is 12.9. The van der Waals surface area contributed by atoms with Gasteiger partial charge in [-0.05, 0) is 24.3 Å². The Hall–Kier alpha value is -3.26. The Kier molecular flexibility index (Phi) is 3.83. The number of thiazole rings is 1. The van der Waals surface area contributed by atoms with Crippen LogP contribution in [0.2, 0.25) is 0 Å². The number of para-hydroxylation sites is 2. The topological polar surface area (TPSA) is 72.9 Å². The van der Waals surface area contributed by atoms with E-state index in [-0.39, 0.29) is 12.7 Å². The van der Waals surface area contributed by atoms with E-state index in [0.29, 0.717) is 35.5 Å². The van der Waals surface area contributed by atoms with Gasteiger partial charge >= 0.3 is 0 Å². The van der Waals surface area contributed by atoms with Crippen LogP contribution in [0, 0.1) is 0 Å². The summed E-state index contributed by atoms with van der Waals surface area (Å²) >= 11 is 1.38. The third-order valence-electron chi connectivity index (χ3n) is 4.32. The molecule has 3 aromatic rings. The van der Waals surface area contributed by atoms with Crippen molar-refractivity contribution in [1.29, 1.82) is 0 Å². The Bertz CT molecular complexity index is 1020. The van der Waals surface area contributed by atoms with Crippen LogP contribution in [0.1, 0.15) is 10.5 Å². The first kappa shape index (κ1) is 16.0. The summed E-state index contributed by atoms with van der Waals surface area (Å²) in [6.45, 7) is 1.20. The molecule has 0 spiro atoms. The largest absolute Gasteiger partial charge is 0.490 e. The number of fused-ring (bicyclic) bond motifs is 2. The van der Waals surface area contributed by atoms with Gasteiger partial charge in [-0.25, -0.2) is 4.98 Å². The smallest absolute Gasteiger partial charge is 0.278 e. The highest BCUT2D eigenvalue weighted by Crippen LogP contribution is 2.36. The van der Waals surface area contributed by atoms with Crippen LogP contribution in [-0.4, -0.2) is 30.8 Å². The number of rotatable bonds is 3. The Morgan fingerprint density at radius 3 is 2.93 bits per heavy atom. The SMILES string of the molecule is O=C(c1csc(Nc2ccc3c(c2)OCO3)n1)N1CCOc2ccccc21. The number of hydrogen-bond donors (Lipinski definition) is 1. The lowest BCUT2D eigenvalue weighted by atomic mass is 10.2. The molecule has 2 aromatic carbocycles. The molecule has 27 heavy (non-hydrogen) atoms. The molecule has 3 heterocycles. The average Bonchev–Trinajstić information content (AvgIpc) is 3.36. The summed E-state index contributed by atoms with van der Waals surface area (Å²) < 4.78 is 16.3. The van der Waals surface area contributed by atoms with Crippen molar-refractivity contribution >= 4 is 33.8 Å². The monoisotopic (exact) mass is 381 g/mol. The van der Waals surface area contributed by atoms with Gasteiger partial charge in [-0.2, -0.15) is 0 Å². The molecule has 0 atom stereocenters. The number of ether oxygens (including phenoxy) is 3. The molecule has 0 fully saturated rings. The van der Waals surface area contributed by atoms with Gasteiger partial charge in [-0.1, -0.05) is 12.1 Å². The number of nitrogens with zero attached hydrogens (tertiary/aromatic N) is 2. The van der Waals surface area contributed by atoms with Crippen molar-refractivity contribution in [1.82, 2.24) is 4.98 Å². The normalized spacial score (nSPS) is 14.4. The lowest BCUT2D eigenvalue weighted by molar-refractivity contribution is 0.0972. The number of carbonyl (C=O) groups is 1. The Morgan fingerprint density at radius 1 is 1.07 bits per heavy atom. The quantitative estimate of drug-likeness (QED) is 0.747. The van der Waals surface area contributed by atoms with Crippen molar-refractivity contribution in [3.8, 4) is 17.2 Å². The molecule has 136 valence electrons. The van der Waals surface area contributed by atoms with Crippen molar-refractivity contribution < 1.29 is 19.0 Å². The minimum absolute atomic E-state index is 0.138. The van der Waals surface area contributed by atoms with Crippen LogP contribution in [0.25, 0.3) is 0 Å². The predicted octanol–water partition coefficient (Wildman–Crippen LogP) is 3.65. The molecule has 0 aliphatic carbocycles. The number of hydrogen-bond acceptors (Lipinski definition) is 7. The van der Waals surface area contributed by atoms with Crippen LogP contribution in [0.15, 0.2) is 47.8 Å². The third-order valence-corrected chi connectivity index (χ3v) is 5.08. The summed E-state index contributed by atoms with van der Waals surface area (Å²) in [6, 6.07) is 13.1. The van der Waals surface area contributed by atoms with Gasteiger partial charge in [0.25, 0.3) is 5.91 Å². The van der Waals surface area contributed by atoms with E-state index in [1.807, 2.05) is 42.5 Å². The van der Waals surface area contributed by atoms with E-state index < -0.39 is 0 Å². The highest BCUT2D eigenvalue weighted by molar-refractivity contribution is 7.14. The van der Waals surface area contributed by atoms with E-state index >= 15 is 0 Å². The molecular formula is C19H15N3O4S. The van der Waals surface area contributed by atoms with Crippen LogP contribution in [0.4, 0.5) is 16.5 Å². The summed E-state index contributed by atoms with van der Waals surface area (Å²) in [5.74, 6) is 1.99. The zero-order valence-corrected chi connectivity index (χ0v) is 15.0. The number of anilines is 3. The van der Waals surface area contributed by atoms with Gasteiger partial charge in [0.05, 0.1) is 12.2 Å². The summed E-state index contributed by atoms with van der Waals surface area (Å²) in [5, 5.41) is 5.60. The van der Waals surface area contributed by atoms with Gasteiger partial charge in [0.15, 0.2) is 16.6 Å². The molecule has 0 radical (unpaired) electrons. The Morgan fingerprint density at radius 2 is 1.96 bits per heavy atom. The van der Waals surface area contributed by atoms with Crippen molar-refractivity contribution in [2.75, 3.05) is 30.2 Å².